The van der Waals surface area contributed by atoms with Crippen molar-refractivity contribution < 1.29 is 8.42 Å². The van der Waals surface area contributed by atoms with Crippen LogP contribution < -0.4 is 10.0 Å². The fourth-order valence-electron chi connectivity index (χ4n) is 2.56. The van der Waals surface area contributed by atoms with Gasteiger partial charge in [-0.05, 0) is 69.0 Å². The molecule has 4 nitrogen and oxygen atoms in total. The second kappa shape index (κ2) is 8.34. The molecule has 0 saturated carbocycles. The molecule has 0 bridgehead atoms. The maximum Gasteiger partial charge on any atom is 0.240 e. The van der Waals surface area contributed by atoms with E-state index in [1.807, 2.05) is 0 Å². The van der Waals surface area contributed by atoms with Crippen LogP contribution in [0.5, 0.6) is 0 Å². The Hall–Kier alpha value is -0.330. The summed E-state index contributed by atoms with van der Waals surface area (Å²) < 4.78 is 27.2. The fraction of sp³-hybridized carbons (Fsp3) is 0.571. The highest BCUT2D eigenvalue weighted by molar-refractivity contribution is 7.89. The van der Waals surface area contributed by atoms with Crippen LogP contribution in [-0.4, -0.2) is 28.1 Å². The first-order chi connectivity index (χ1) is 9.49. The van der Waals surface area contributed by atoms with Gasteiger partial charge in [0.1, 0.15) is 0 Å². The van der Waals surface area contributed by atoms with Crippen molar-refractivity contribution in [1.29, 1.82) is 0 Å². The van der Waals surface area contributed by atoms with Crippen molar-refractivity contribution in [2.75, 3.05) is 19.6 Å². The van der Waals surface area contributed by atoms with E-state index >= 15 is 0 Å². The molecule has 1 atom stereocenters. The summed E-state index contributed by atoms with van der Waals surface area (Å²) in [5, 5.41) is 3.89. The Morgan fingerprint density at radius 3 is 2.81 bits per heavy atom. The Morgan fingerprint density at radius 2 is 2.19 bits per heavy atom. The third-order valence-electron chi connectivity index (χ3n) is 3.67. The van der Waals surface area contributed by atoms with Crippen LogP contribution >= 0.6 is 24.0 Å². The summed E-state index contributed by atoms with van der Waals surface area (Å²) in [6.45, 7) is 4.30. The Balaban J connectivity index is 0.00000220. The van der Waals surface area contributed by atoms with Crippen LogP contribution in [0.25, 0.3) is 0 Å². The SMILES string of the molecule is Cc1cc(Cl)ccc1S(=O)(=O)NCCC1CCCNC1.Cl. The first-order valence-electron chi connectivity index (χ1n) is 6.95. The van der Waals surface area contributed by atoms with Gasteiger partial charge in [-0.3, -0.25) is 0 Å². The molecule has 1 fully saturated rings. The number of aryl methyl sites for hydroxylation is 1. The molecule has 0 radical (unpaired) electrons. The quantitative estimate of drug-likeness (QED) is 0.856. The average Bonchev–Trinajstić information content (AvgIpc) is 2.39. The molecule has 0 aliphatic carbocycles. The first-order valence-corrected chi connectivity index (χ1v) is 8.82. The van der Waals surface area contributed by atoms with Crippen molar-refractivity contribution in [3.05, 3.63) is 28.8 Å². The summed E-state index contributed by atoms with van der Waals surface area (Å²) in [6, 6.07) is 4.83. The van der Waals surface area contributed by atoms with Crippen LogP contribution in [0.2, 0.25) is 5.02 Å². The minimum Gasteiger partial charge on any atom is -0.316 e. The molecule has 1 aliphatic heterocycles. The summed E-state index contributed by atoms with van der Waals surface area (Å²) in [5.74, 6) is 0.567. The van der Waals surface area contributed by atoms with Gasteiger partial charge in [-0.15, -0.1) is 12.4 Å². The molecule has 0 aromatic heterocycles. The van der Waals surface area contributed by atoms with Crippen molar-refractivity contribution in [3.8, 4) is 0 Å². The third-order valence-corrected chi connectivity index (χ3v) is 5.53. The number of piperidine rings is 1. The van der Waals surface area contributed by atoms with E-state index in [0.717, 1.165) is 19.5 Å². The minimum absolute atomic E-state index is 0. The lowest BCUT2D eigenvalue weighted by Gasteiger charge is -2.22. The van der Waals surface area contributed by atoms with Crippen LogP contribution in [0.15, 0.2) is 23.1 Å². The maximum atomic E-state index is 12.2. The highest BCUT2D eigenvalue weighted by atomic mass is 35.5. The molecule has 1 aliphatic rings. The summed E-state index contributed by atoms with van der Waals surface area (Å²) in [7, 11) is -3.44. The van der Waals surface area contributed by atoms with E-state index < -0.39 is 10.0 Å². The molecular weight excluding hydrogens is 331 g/mol. The molecule has 1 unspecified atom stereocenters. The van der Waals surface area contributed by atoms with Crippen LogP contribution in [0.4, 0.5) is 0 Å². The van der Waals surface area contributed by atoms with Gasteiger partial charge in [0.15, 0.2) is 0 Å². The predicted octanol–water partition coefficient (Wildman–Crippen LogP) is 2.74. The van der Waals surface area contributed by atoms with Gasteiger partial charge >= 0.3 is 0 Å². The topological polar surface area (TPSA) is 58.2 Å². The normalized spacial score (nSPS) is 19.0. The van der Waals surface area contributed by atoms with E-state index in [1.165, 1.54) is 12.8 Å². The molecule has 2 rings (SSSR count). The van der Waals surface area contributed by atoms with Crippen molar-refractivity contribution in [2.45, 2.75) is 31.1 Å². The van der Waals surface area contributed by atoms with Crippen LogP contribution in [0.3, 0.4) is 0 Å². The van der Waals surface area contributed by atoms with Crippen molar-refractivity contribution in [1.82, 2.24) is 10.0 Å². The second-order valence-electron chi connectivity index (χ2n) is 5.31. The number of benzene rings is 1. The standard InChI is InChI=1S/C14H21ClN2O2S.ClH/c1-11-9-13(15)4-5-14(11)20(18,19)17-8-6-12-3-2-7-16-10-12;/h4-5,9,12,16-17H,2-3,6-8,10H2,1H3;1H. The number of rotatable bonds is 5. The summed E-state index contributed by atoms with van der Waals surface area (Å²) >= 11 is 5.85. The summed E-state index contributed by atoms with van der Waals surface area (Å²) in [4.78, 5) is 0.309. The summed E-state index contributed by atoms with van der Waals surface area (Å²) in [5.41, 5.74) is 0.671. The zero-order chi connectivity index (χ0) is 14.6. The maximum absolute atomic E-state index is 12.2. The number of hydrogen-bond acceptors (Lipinski definition) is 3. The highest BCUT2D eigenvalue weighted by Crippen LogP contribution is 2.20. The van der Waals surface area contributed by atoms with E-state index in [-0.39, 0.29) is 12.4 Å². The minimum atomic E-state index is -3.44. The van der Waals surface area contributed by atoms with E-state index in [0.29, 0.717) is 27.9 Å². The lowest BCUT2D eigenvalue weighted by molar-refractivity contribution is 0.358. The number of halogens is 2. The van der Waals surface area contributed by atoms with Gasteiger partial charge in [-0.1, -0.05) is 11.6 Å². The van der Waals surface area contributed by atoms with Gasteiger partial charge in [0.05, 0.1) is 4.90 Å². The molecule has 0 amide bonds. The average molecular weight is 353 g/mol. The van der Waals surface area contributed by atoms with Gasteiger partial charge in [-0.25, -0.2) is 13.1 Å². The third kappa shape index (κ3) is 5.42. The zero-order valence-electron chi connectivity index (χ0n) is 12.1. The zero-order valence-corrected chi connectivity index (χ0v) is 14.5. The molecule has 1 saturated heterocycles. The molecule has 1 heterocycles. The van der Waals surface area contributed by atoms with Crippen LogP contribution in [0.1, 0.15) is 24.8 Å². The highest BCUT2D eigenvalue weighted by Gasteiger charge is 2.18. The van der Waals surface area contributed by atoms with Gasteiger partial charge in [0.25, 0.3) is 0 Å². The van der Waals surface area contributed by atoms with Gasteiger partial charge in [-0.2, -0.15) is 0 Å². The van der Waals surface area contributed by atoms with Crippen molar-refractivity contribution in [2.24, 2.45) is 5.92 Å². The molecule has 7 heteroatoms. The number of sulfonamides is 1. The summed E-state index contributed by atoms with van der Waals surface area (Å²) in [6.07, 6.45) is 3.22. The molecule has 0 spiro atoms. The Bertz CT molecular complexity index is 558. The predicted molar refractivity (Wildman–Crippen MR) is 88.8 cm³/mol. The molecule has 21 heavy (non-hydrogen) atoms. The second-order valence-corrected chi connectivity index (χ2v) is 7.48. The van der Waals surface area contributed by atoms with Crippen molar-refractivity contribution in [3.63, 3.8) is 0 Å². The monoisotopic (exact) mass is 352 g/mol. The lowest BCUT2D eigenvalue weighted by Crippen LogP contribution is -2.33. The van der Waals surface area contributed by atoms with E-state index in [2.05, 4.69) is 10.0 Å². The molecular formula is C14H22Cl2N2O2S. The Labute approximate surface area is 138 Å². The van der Waals surface area contributed by atoms with Gasteiger partial charge < -0.3 is 5.32 Å². The number of nitrogens with one attached hydrogen (secondary N) is 2. The molecule has 1 aromatic rings. The number of hydrogen-bond donors (Lipinski definition) is 2. The van der Waals surface area contributed by atoms with Gasteiger partial charge in [0, 0.05) is 11.6 Å². The van der Waals surface area contributed by atoms with Gasteiger partial charge in [0.2, 0.25) is 10.0 Å². The van der Waals surface area contributed by atoms with Crippen molar-refractivity contribution >= 4 is 34.0 Å². The largest absolute Gasteiger partial charge is 0.316 e. The Morgan fingerprint density at radius 1 is 1.43 bits per heavy atom. The van der Waals surface area contributed by atoms with E-state index in [4.69, 9.17) is 11.6 Å². The van der Waals surface area contributed by atoms with Crippen LogP contribution in [-0.2, 0) is 10.0 Å². The first kappa shape index (κ1) is 18.7. The molecule has 1 aromatic carbocycles. The Kier molecular flexibility index (Phi) is 7.44. The molecule has 2 N–H and O–H groups in total. The smallest absolute Gasteiger partial charge is 0.240 e. The molecule has 120 valence electrons. The van der Waals surface area contributed by atoms with Crippen LogP contribution in [0, 0.1) is 12.8 Å². The van der Waals surface area contributed by atoms with E-state index in [1.54, 1.807) is 25.1 Å². The fourth-order valence-corrected chi connectivity index (χ4v) is 4.06. The lowest BCUT2D eigenvalue weighted by atomic mass is 9.96. The van der Waals surface area contributed by atoms with E-state index in [9.17, 15) is 8.42 Å².